The topological polar surface area (TPSA) is 78.3 Å². The van der Waals surface area contributed by atoms with E-state index in [1.165, 1.54) is 11.1 Å². The first-order chi connectivity index (χ1) is 9.86. The molecule has 2 rings (SSSR count). The fraction of sp³-hybridized carbons (Fsp3) is 0.588. The number of aryl methyl sites for hydroxylation is 2. The molecule has 0 bridgehead atoms. The van der Waals surface area contributed by atoms with E-state index < -0.39 is 5.54 Å². The molecule has 0 aliphatic heterocycles. The van der Waals surface area contributed by atoms with Gasteiger partial charge in [-0.2, -0.15) is 0 Å². The Labute approximate surface area is 126 Å². The third-order valence-electron chi connectivity index (χ3n) is 4.92. The number of primary amides is 1. The van der Waals surface area contributed by atoms with Crippen molar-refractivity contribution in [3.05, 3.63) is 28.8 Å². The fourth-order valence-electron chi connectivity index (χ4n) is 3.28. The van der Waals surface area contributed by atoms with Gasteiger partial charge in [-0.25, -0.2) is 0 Å². The van der Waals surface area contributed by atoms with Crippen LogP contribution in [0.4, 0.5) is 0 Å². The Morgan fingerprint density at radius 3 is 2.67 bits per heavy atom. The predicted molar refractivity (Wildman–Crippen MR) is 84.2 cm³/mol. The van der Waals surface area contributed by atoms with Gasteiger partial charge >= 0.3 is 0 Å². The maximum Gasteiger partial charge on any atom is 0.237 e. The second-order valence-electron chi connectivity index (χ2n) is 6.28. The second kappa shape index (κ2) is 6.06. The van der Waals surface area contributed by atoms with Crippen LogP contribution in [0.15, 0.2) is 12.1 Å². The quantitative estimate of drug-likeness (QED) is 0.873. The number of ether oxygens (including phenoxy) is 1. The zero-order valence-corrected chi connectivity index (χ0v) is 13.2. The molecule has 1 aromatic carbocycles. The number of rotatable bonds is 5. The lowest BCUT2D eigenvalue weighted by Crippen LogP contribution is -2.54. The monoisotopic (exact) mass is 290 g/mol. The Kier molecular flexibility index (Phi) is 4.57. The van der Waals surface area contributed by atoms with Crippen molar-refractivity contribution in [3.8, 4) is 5.75 Å². The number of hydrogen-bond acceptors (Lipinski definition) is 3. The van der Waals surface area contributed by atoms with E-state index in [9.17, 15) is 4.79 Å². The summed E-state index contributed by atoms with van der Waals surface area (Å²) in [6, 6.07) is 4.18. The molecule has 1 aromatic rings. The molecule has 1 aliphatic carbocycles. The Morgan fingerprint density at radius 2 is 2.00 bits per heavy atom. The lowest BCUT2D eigenvalue weighted by atomic mass is 9.85. The molecule has 4 heteroatoms. The van der Waals surface area contributed by atoms with E-state index >= 15 is 0 Å². The average molecular weight is 290 g/mol. The van der Waals surface area contributed by atoms with Gasteiger partial charge in [0.1, 0.15) is 5.75 Å². The van der Waals surface area contributed by atoms with Crippen molar-refractivity contribution in [1.82, 2.24) is 0 Å². The van der Waals surface area contributed by atoms with Gasteiger partial charge in [0.2, 0.25) is 5.91 Å². The van der Waals surface area contributed by atoms with Gasteiger partial charge in [-0.1, -0.05) is 18.6 Å². The molecule has 21 heavy (non-hydrogen) atoms. The standard InChI is InChI=1S/C17H26N2O2/c1-11-6-7-12(2)15(13(11)3)21-10-8-14-5-4-9-17(14,19)16(18)20/h6-7,14H,4-5,8-10,19H2,1-3H3,(H2,18,20). The van der Waals surface area contributed by atoms with Gasteiger partial charge in [-0.05, 0) is 62.6 Å². The highest BCUT2D eigenvalue weighted by Crippen LogP contribution is 2.36. The molecule has 0 aromatic heterocycles. The molecule has 4 N–H and O–H groups in total. The van der Waals surface area contributed by atoms with Crippen LogP contribution in [0.3, 0.4) is 0 Å². The van der Waals surface area contributed by atoms with E-state index in [0.29, 0.717) is 13.0 Å². The summed E-state index contributed by atoms with van der Waals surface area (Å²) in [7, 11) is 0. The Balaban J connectivity index is 1.99. The summed E-state index contributed by atoms with van der Waals surface area (Å²) in [6.07, 6.45) is 3.38. The molecule has 1 fully saturated rings. The molecule has 0 spiro atoms. The Morgan fingerprint density at radius 1 is 1.33 bits per heavy atom. The van der Waals surface area contributed by atoms with Crippen LogP contribution in [-0.4, -0.2) is 18.1 Å². The van der Waals surface area contributed by atoms with Crippen LogP contribution in [0, 0.1) is 26.7 Å². The van der Waals surface area contributed by atoms with Gasteiger partial charge in [0, 0.05) is 0 Å². The number of benzene rings is 1. The minimum Gasteiger partial charge on any atom is -0.493 e. The molecule has 2 atom stereocenters. The smallest absolute Gasteiger partial charge is 0.237 e. The molecule has 0 heterocycles. The van der Waals surface area contributed by atoms with Crippen LogP contribution in [0.25, 0.3) is 0 Å². The van der Waals surface area contributed by atoms with Crippen LogP contribution in [0.1, 0.15) is 42.4 Å². The van der Waals surface area contributed by atoms with E-state index in [4.69, 9.17) is 16.2 Å². The molecule has 0 radical (unpaired) electrons. The Bertz CT molecular complexity index is 542. The maximum absolute atomic E-state index is 11.6. The van der Waals surface area contributed by atoms with E-state index in [-0.39, 0.29) is 11.8 Å². The van der Waals surface area contributed by atoms with Crippen LogP contribution in [0.5, 0.6) is 5.75 Å². The molecular weight excluding hydrogens is 264 g/mol. The summed E-state index contributed by atoms with van der Waals surface area (Å²) in [5, 5.41) is 0. The van der Waals surface area contributed by atoms with Crippen LogP contribution in [-0.2, 0) is 4.79 Å². The molecule has 116 valence electrons. The summed E-state index contributed by atoms with van der Waals surface area (Å²) in [4.78, 5) is 11.6. The fourth-order valence-corrected chi connectivity index (χ4v) is 3.28. The van der Waals surface area contributed by atoms with Crippen molar-refractivity contribution in [2.45, 2.75) is 52.0 Å². The van der Waals surface area contributed by atoms with Gasteiger partial charge < -0.3 is 16.2 Å². The van der Waals surface area contributed by atoms with E-state index in [1.54, 1.807) is 0 Å². The first kappa shape index (κ1) is 15.8. The Hall–Kier alpha value is -1.55. The minimum absolute atomic E-state index is 0.125. The molecule has 1 amide bonds. The summed E-state index contributed by atoms with van der Waals surface area (Å²) < 4.78 is 5.98. The largest absolute Gasteiger partial charge is 0.493 e. The number of hydrogen-bond donors (Lipinski definition) is 2. The molecule has 4 nitrogen and oxygen atoms in total. The number of nitrogens with two attached hydrogens (primary N) is 2. The van der Waals surface area contributed by atoms with Gasteiger partial charge in [-0.3, -0.25) is 4.79 Å². The van der Waals surface area contributed by atoms with Crippen molar-refractivity contribution in [2.75, 3.05) is 6.61 Å². The average Bonchev–Trinajstić information content (AvgIpc) is 2.81. The highest BCUT2D eigenvalue weighted by molar-refractivity contribution is 5.85. The molecule has 0 saturated heterocycles. The zero-order chi connectivity index (χ0) is 15.6. The van der Waals surface area contributed by atoms with Crippen molar-refractivity contribution in [2.24, 2.45) is 17.4 Å². The molecule has 1 aliphatic rings. The lowest BCUT2D eigenvalue weighted by molar-refractivity contribution is -0.124. The van der Waals surface area contributed by atoms with Gasteiger partial charge in [-0.15, -0.1) is 0 Å². The van der Waals surface area contributed by atoms with Crippen molar-refractivity contribution < 1.29 is 9.53 Å². The molecule has 2 unspecified atom stereocenters. The molecule has 1 saturated carbocycles. The van der Waals surface area contributed by atoms with Gasteiger partial charge in [0.05, 0.1) is 12.1 Å². The second-order valence-corrected chi connectivity index (χ2v) is 6.28. The highest BCUT2D eigenvalue weighted by atomic mass is 16.5. The van der Waals surface area contributed by atoms with Crippen LogP contribution < -0.4 is 16.2 Å². The number of amides is 1. The van der Waals surface area contributed by atoms with Crippen molar-refractivity contribution in [1.29, 1.82) is 0 Å². The van der Waals surface area contributed by atoms with Gasteiger partial charge in [0.15, 0.2) is 0 Å². The zero-order valence-electron chi connectivity index (χ0n) is 13.2. The summed E-state index contributed by atoms with van der Waals surface area (Å²) in [5.41, 5.74) is 14.3. The SMILES string of the molecule is Cc1ccc(C)c(OCCC2CCCC2(N)C(N)=O)c1C. The van der Waals surface area contributed by atoms with Crippen LogP contribution in [0.2, 0.25) is 0 Å². The van der Waals surface area contributed by atoms with E-state index in [2.05, 4.69) is 26.0 Å². The highest BCUT2D eigenvalue weighted by Gasteiger charge is 2.43. The first-order valence-corrected chi connectivity index (χ1v) is 7.64. The number of carbonyl (C=O) groups is 1. The third kappa shape index (κ3) is 3.05. The van der Waals surface area contributed by atoms with Gasteiger partial charge in [0.25, 0.3) is 0 Å². The van der Waals surface area contributed by atoms with Crippen molar-refractivity contribution >= 4 is 5.91 Å². The summed E-state index contributed by atoms with van der Waals surface area (Å²) >= 11 is 0. The third-order valence-corrected chi connectivity index (χ3v) is 4.92. The minimum atomic E-state index is -0.847. The van der Waals surface area contributed by atoms with E-state index in [1.807, 2.05) is 6.92 Å². The predicted octanol–water partition coefficient (Wildman–Crippen LogP) is 2.36. The summed E-state index contributed by atoms with van der Waals surface area (Å²) in [6.45, 7) is 6.77. The summed E-state index contributed by atoms with van der Waals surface area (Å²) in [5.74, 6) is 0.697. The van der Waals surface area contributed by atoms with Crippen molar-refractivity contribution in [3.63, 3.8) is 0 Å². The first-order valence-electron chi connectivity index (χ1n) is 7.64. The van der Waals surface area contributed by atoms with Crippen LogP contribution >= 0.6 is 0 Å². The lowest BCUT2D eigenvalue weighted by Gasteiger charge is -2.28. The maximum atomic E-state index is 11.6. The molecular formula is C17H26N2O2. The normalized spacial score (nSPS) is 25.0. The number of carbonyl (C=O) groups excluding carboxylic acids is 1. The van der Waals surface area contributed by atoms with E-state index in [0.717, 1.165) is 30.6 Å².